The number of amides is 1. The van der Waals surface area contributed by atoms with Crippen LogP contribution in [-0.2, 0) is 11.3 Å². The van der Waals surface area contributed by atoms with E-state index < -0.39 is 0 Å². The highest BCUT2D eigenvalue weighted by Gasteiger charge is 2.06. The predicted molar refractivity (Wildman–Crippen MR) is 113 cm³/mol. The van der Waals surface area contributed by atoms with Gasteiger partial charge in [0.2, 0.25) is 5.91 Å². The Morgan fingerprint density at radius 3 is 2.89 bits per heavy atom. The van der Waals surface area contributed by atoms with Gasteiger partial charge in [0.15, 0.2) is 0 Å². The standard InChI is InChI=1S/C23H22N4O/c1-17-26-20-10-2-3-11-21(20)27(17)16-6-15-24-22(28)13-12-19-8-4-7-18-9-5-14-25-23(18)19/h2-5,7-14H,6,15-16H2,1H3,(H,24,28)/b13-12+. The van der Waals surface area contributed by atoms with Gasteiger partial charge in [0.1, 0.15) is 5.82 Å². The Kier molecular flexibility index (Phi) is 5.15. The van der Waals surface area contributed by atoms with E-state index in [2.05, 4.69) is 25.9 Å². The van der Waals surface area contributed by atoms with Crippen molar-refractivity contribution < 1.29 is 4.79 Å². The minimum absolute atomic E-state index is 0.0971. The van der Waals surface area contributed by atoms with Gasteiger partial charge in [-0.05, 0) is 37.6 Å². The number of hydrogen-bond donors (Lipinski definition) is 1. The number of pyridine rings is 1. The van der Waals surface area contributed by atoms with E-state index in [4.69, 9.17) is 0 Å². The van der Waals surface area contributed by atoms with Crippen molar-refractivity contribution in [1.29, 1.82) is 0 Å². The van der Waals surface area contributed by atoms with Gasteiger partial charge in [-0.2, -0.15) is 0 Å². The van der Waals surface area contributed by atoms with E-state index in [0.717, 1.165) is 46.3 Å². The van der Waals surface area contributed by atoms with E-state index in [-0.39, 0.29) is 5.91 Å². The molecule has 28 heavy (non-hydrogen) atoms. The average molecular weight is 370 g/mol. The first kappa shape index (κ1) is 17.9. The Hall–Kier alpha value is -3.47. The second-order valence-electron chi connectivity index (χ2n) is 6.70. The highest BCUT2D eigenvalue weighted by Crippen LogP contribution is 2.17. The van der Waals surface area contributed by atoms with E-state index in [1.807, 2.05) is 61.5 Å². The summed E-state index contributed by atoms with van der Waals surface area (Å²) in [6.45, 7) is 3.45. The van der Waals surface area contributed by atoms with Crippen LogP contribution in [0.15, 0.2) is 66.9 Å². The first-order valence-electron chi connectivity index (χ1n) is 9.44. The highest BCUT2D eigenvalue weighted by atomic mass is 16.1. The number of fused-ring (bicyclic) bond motifs is 2. The van der Waals surface area contributed by atoms with Crippen LogP contribution in [0.5, 0.6) is 0 Å². The molecule has 1 N–H and O–H groups in total. The molecule has 2 aromatic heterocycles. The molecule has 0 fully saturated rings. The summed E-state index contributed by atoms with van der Waals surface area (Å²) in [4.78, 5) is 21.1. The number of hydrogen-bond acceptors (Lipinski definition) is 3. The zero-order chi connectivity index (χ0) is 19.3. The molecule has 0 saturated heterocycles. The number of para-hydroxylation sites is 3. The summed E-state index contributed by atoms with van der Waals surface area (Å²) in [5.74, 6) is 0.899. The van der Waals surface area contributed by atoms with Crippen molar-refractivity contribution in [2.45, 2.75) is 19.9 Å². The molecule has 4 rings (SSSR count). The van der Waals surface area contributed by atoms with Crippen molar-refractivity contribution >= 4 is 33.9 Å². The van der Waals surface area contributed by atoms with Gasteiger partial charge in [-0.3, -0.25) is 9.78 Å². The average Bonchev–Trinajstić information content (AvgIpc) is 3.04. The molecule has 2 heterocycles. The maximum atomic E-state index is 12.2. The lowest BCUT2D eigenvalue weighted by Crippen LogP contribution is -2.23. The van der Waals surface area contributed by atoms with Crippen molar-refractivity contribution in [2.75, 3.05) is 6.54 Å². The van der Waals surface area contributed by atoms with Gasteiger partial charge in [-0.1, -0.05) is 36.4 Å². The molecule has 2 aromatic carbocycles. The number of benzene rings is 2. The number of nitrogens with one attached hydrogen (secondary N) is 1. The van der Waals surface area contributed by atoms with Gasteiger partial charge in [-0.25, -0.2) is 4.98 Å². The van der Waals surface area contributed by atoms with Gasteiger partial charge in [0.25, 0.3) is 0 Å². The molecule has 0 aliphatic rings. The third kappa shape index (κ3) is 3.78. The molecular weight excluding hydrogens is 348 g/mol. The Bertz CT molecular complexity index is 1150. The molecule has 0 spiro atoms. The molecule has 140 valence electrons. The van der Waals surface area contributed by atoms with Crippen molar-refractivity contribution in [1.82, 2.24) is 19.9 Å². The summed E-state index contributed by atoms with van der Waals surface area (Å²) in [6, 6.07) is 18.0. The molecule has 0 aliphatic heterocycles. The molecule has 4 aromatic rings. The van der Waals surface area contributed by atoms with Gasteiger partial charge in [0.05, 0.1) is 16.6 Å². The minimum Gasteiger partial charge on any atom is -0.352 e. The van der Waals surface area contributed by atoms with Crippen molar-refractivity contribution in [3.05, 3.63) is 78.3 Å². The van der Waals surface area contributed by atoms with Crippen LogP contribution < -0.4 is 5.32 Å². The molecule has 0 unspecified atom stereocenters. The lowest BCUT2D eigenvalue weighted by Gasteiger charge is -2.07. The van der Waals surface area contributed by atoms with Gasteiger partial charge >= 0.3 is 0 Å². The molecule has 0 atom stereocenters. The fourth-order valence-electron chi connectivity index (χ4n) is 3.41. The summed E-state index contributed by atoms with van der Waals surface area (Å²) in [5.41, 5.74) is 3.98. The predicted octanol–water partition coefficient (Wildman–Crippen LogP) is 4.11. The number of rotatable bonds is 6. The number of carbonyl (C=O) groups excluding carboxylic acids is 1. The third-order valence-corrected chi connectivity index (χ3v) is 4.78. The fraction of sp³-hybridized carbons (Fsp3) is 0.174. The largest absolute Gasteiger partial charge is 0.352 e. The van der Waals surface area contributed by atoms with E-state index >= 15 is 0 Å². The zero-order valence-electron chi connectivity index (χ0n) is 15.8. The van der Waals surface area contributed by atoms with E-state index in [1.165, 1.54) is 0 Å². The summed E-state index contributed by atoms with van der Waals surface area (Å²) in [5, 5.41) is 4.01. The molecule has 5 nitrogen and oxygen atoms in total. The molecule has 0 saturated carbocycles. The molecular formula is C23H22N4O. The van der Waals surface area contributed by atoms with Crippen LogP contribution in [0.25, 0.3) is 28.0 Å². The maximum absolute atomic E-state index is 12.2. The monoisotopic (exact) mass is 370 g/mol. The highest BCUT2D eigenvalue weighted by molar-refractivity contribution is 5.95. The van der Waals surface area contributed by atoms with Crippen molar-refractivity contribution in [3.8, 4) is 0 Å². The zero-order valence-corrected chi connectivity index (χ0v) is 15.8. The Morgan fingerprint density at radius 1 is 1.11 bits per heavy atom. The van der Waals surface area contributed by atoms with Crippen LogP contribution in [0.3, 0.4) is 0 Å². The number of imidazole rings is 1. The molecule has 0 radical (unpaired) electrons. The summed E-state index contributed by atoms with van der Waals surface area (Å²) in [7, 11) is 0. The van der Waals surface area contributed by atoms with Crippen LogP contribution in [0.1, 0.15) is 17.8 Å². The number of nitrogens with zero attached hydrogens (tertiary/aromatic N) is 3. The second-order valence-corrected chi connectivity index (χ2v) is 6.70. The molecule has 1 amide bonds. The van der Waals surface area contributed by atoms with Crippen LogP contribution >= 0.6 is 0 Å². The van der Waals surface area contributed by atoms with Crippen LogP contribution in [0, 0.1) is 6.92 Å². The Labute approximate surface area is 163 Å². The lowest BCUT2D eigenvalue weighted by molar-refractivity contribution is -0.116. The summed E-state index contributed by atoms with van der Waals surface area (Å²) >= 11 is 0. The quantitative estimate of drug-likeness (QED) is 0.410. The van der Waals surface area contributed by atoms with Crippen molar-refractivity contribution in [2.24, 2.45) is 0 Å². The van der Waals surface area contributed by atoms with Crippen LogP contribution in [0.4, 0.5) is 0 Å². The normalized spacial score (nSPS) is 11.5. The minimum atomic E-state index is -0.0971. The number of aromatic nitrogens is 3. The molecule has 0 bridgehead atoms. The molecule has 5 heteroatoms. The van der Waals surface area contributed by atoms with Crippen LogP contribution in [0.2, 0.25) is 0 Å². The van der Waals surface area contributed by atoms with E-state index in [9.17, 15) is 4.79 Å². The van der Waals surface area contributed by atoms with Crippen molar-refractivity contribution in [3.63, 3.8) is 0 Å². The Morgan fingerprint density at radius 2 is 1.96 bits per heavy atom. The summed E-state index contributed by atoms with van der Waals surface area (Å²) in [6.07, 6.45) is 6.00. The first-order valence-corrected chi connectivity index (χ1v) is 9.44. The maximum Gasteiger partial charge on any atom is 0.244 e. The Balaban J connectivity index is 1.33. The van der Waals surface area contributed by atoms with E-state index in [0.29, 0.717) is 6.54 Å². The number of carbonyl (C=O) groups is 1. The fourth-order valence-corrected chi connectivity index (χ4v) is 3.41. The lowest BCUT2D eigenvalue weighted by atomic mass is 10.1. The third-order valence-electron chi connectivity index (χ3n) is 4.78. The van der Waals surface area contributed by atoms with Gasteiger partial charge < -0.3 is 9.88 Å². The first-order chi connectivity index (χ1) is 13.7. The van der Waals surface area contributed by atoms with Gasteiger partial charge in [-0.15, -0.1) is 0 Å². The summed E-state index contributed by atoms with van der Waals surface area (Å²) < 4.78 is 2.19. The van der Waals surface area contributed by atoms with E-state index in [1.54, 1.807) is 12.3 Å². The second kappa shape index (κ2) is 8.05. The van der Waals surface area contributed by atoms with Gasteiger partial charge in [0, 0.05) is 36.3 Å². The SMILES string of the molecule is Cc1nc2ccccc2n1CCCNC(=O)/C=C/c1cccc2cccnc12. The topological polar surface area (TPSA) is 59.8 Å². The smallest absolute Gasteiger partial charge is 0.244 e. The van der Waals surface area contributed by atoms with Crippen LogP contribution in [-0.4, -0.2) is 27.0 Å². The number of aryl methyl sites for hydroxylation is 2. The molecule has 0 aliphatic carbocycles.